The lowest BCUT2D eigenvalue weighted by atomic mass is 9.84. The van der Waals surface area contributed by atoms with Gasteiger partial charge in [-0.1, -0.05) is 38.2 Å². The molecule has 1 saturated carbocycles. The topological polar surface area (TPSA) is 20.2 Å². The van der Waals surface area contributed by atoms with Crippen LogP contribution in [0.25, 0.3) is 0 Å². The highest BCUT2D eigenvalue weighted by Crippen LogP contribution is 2.29. The number of rotatable bonds is 4. The molecule has 2 aliphatic carbocycles. The van der Waals surface area contributed by atoms with E-state index in [1.54, 1.807) is 0 Å². The zero-order valence-corrected chi connectivity index (χ0v) is 10.5. The van der Waals surface area contributed by atoms with Gasteiger partial charge in [-0.3, -0.25) is 0 Å². The summed E-state index contributed by atoms with van der Waals surface area (Å²) in [6, 6.07) is 0. The van der Waals surface area contributed by atoms with Crippen molar-refractivity contribution in [3.8, 4) is 0 Å². The molecule has 1 unspecified atom stereocenters. The predicted molar refractivity (Wildman–Crippen MR) is 68.4 cm³/mol. The van der Waals surface area contributed by atoms with Crippen molar-refractivity contribution in [3.05, 3.63) is 11.6 Å². The van der Waals surface area contributed by atoms with Gasteiger partial charge in [-0.05, 0) is 50.0 Å². The summed E-state index contributed by atoms with van der Waals surface area (Å²) in [5, 5.41) is 10.1. The Morgan fingerprint density at radius 1 is 1.12 bits per heavy atom. The van der Waals surface area contributed by atoms with Crippen LogP contribution >= 0.6 is 0 Å². The Kier molecular flexibility index (Phi) is 4.90. The minimum atomic E-state index is -0.123. The van der Waals surface area contributed by atoms with Crippen LogP contribution in [0.4, 0.5) is 0 Å². The number of hydrogen-bond acceptors (Lipinski definition) is 1. The summed E-state index contributed by atoms with van der Waals surface area (Å²) in [4.78, 5) is 0. The number of hydrogen-bond donors (Lipinski definition) is 1. The quantitative estimate of drug-likeness (QED) is 0.706. The molecule has 1 atom stereocenters. The van der Waals surface area contributed by atoms with Crippen LogP contribution in [0, 0.1) is 5.92 Å². The van der Waals surface area contributed by atoms with Gasteiger partial charge < -0.3 is 5.11 Å². The Labute approximate surface area is 99.9 Å². The van der Waals surface area contributed by atoms with Crippen molar-refractivity contribution in [2.24, 2.45) is 5.92 Å². The number of allylic oxidation sites excluding steroid dienone is 1. The molecule has 0 spiro atoms. The highest BCUT2D eigenvalue weighted by molar-refractivity contribution is 5.10. The van der Waals surface area contributed by atoms with E-state index in [0.717, 1.165) is 18.8 Å². The maximum atomic E-state index is 10.1. The molecule has 0 aliphatic heterocycles. The number of aliphatic hydroxyl groups excluding tert-OH is 1. The Morgan fingerprint density at radius 3 is 2.62 bits per heavy atom. The molecule has 0 aromatic heterocycles. The van der Waals surface area contributed by atoms with Gasteiger partial charge in [0.1, 0.15) is 0 Å². The molecule has 16 heavy (non-hydrogen) atoms. The minimum absolute atomic E-state index is 0.123. The van der Waals surface area contributed by atoms with Crippen LogP contribution in [0.5, 0.6) is 0 Å². The van der Waals surface area contributed by atoms with Crippen molar-refractivity contribution in [2.75, 3.05) is 0 Å². The van der Waals surface area contributed by atoms with Crippen molar-refractivity contribution in [2.45, 2.75) is 76.7 Å². The van der Waals surface area contributed by atoms with Crippen LogP contribution in [0.3, 0.4) is 0 Å². The van der Waals surface area contributed by atoms with Gasteiger partial charge in [-0.15, -0.1) is 0 Å². The predicted octanol–water partition coefficient (Wildman–Crippen LogP) is 4.21. The maximum Gasteiger partial charge on any atom is 0.0750 e. The summed E-state index contributed by atoms with van der Waals surface area (Å²) in [6.45, 7) is 0. The molecule has 0 heterocycles. The van der Waals surface area contributed by atoms with E-state index in [4.69, 9.17) is 0 Å². The van der Waals surface area contributed by atoms with Crippen molar-refractivity contribution in [3.63, 3.8) is 0 Å². The highest BCUT2D eigenvalue weighted by Gasteiger charge is 2.17. The van der Waals surface area contributed by atoms with Gasteiger partial charge in [0.25, 0.3) is 0 Å². The molecule has 0 amide bonds. The molecule has 92 valence electrons. The van der Waals surface area contributed by atoms with E-state index in [-0.39, 0.29) is 6.10 Å². The monoisotopic (exact) mass is 222 g/mol. The third kappa shape index (κ3) is 3.62. The first-order valence-electron chi connectivity index (χ1n) is 7.23. The zero-order chi connectivity index (χ0) is 11.2. The summed E-state index contributed by atoms with van der Waals surface area (Å²) < 4.78 is 0. The van der Waals surface area contributed by atoms with Crippen molar-refractivity contribution in [1.82, 2.24) is 0 Å². The smallest absolute Gasteiger partial charge is 0.0750 e. The van der Waals surface area contributed by atoms with Crippen molar-refractivity contribution >= 4 is 0 Å². The standard InChI is InChI=1S/C15H26O/c16-15(14-9-5-2-6-10-14)12-11-13-7-3-1-4-8-13/h9,13,15-16H,1-8,10-12H2. The van der Waals surface area contributed by atoms with Gasteiger partial charge in [0.2, 0.25) is 0 Å². The van der Waals surface area contributed by atoms with Gasteiger partial charge in [-0.2, -0.15) is 0 Å². The highest BCUT2D eigenvalue weighted by atomic mass is 16.3. The Morgan fingerprint density at radius 2 is 1.94 bits per heavy atom. The normalized spacial score (nSPS) is 25.2. The van der Waals surface area contributed by atoms with Crippen LogP contribution < -0.4 is 0 Å². The average Bonchev–Trinajstić information content (AvgIpc) is 2.38. The fourth-order valence-corrected chi connectivity index (χ4v) is 3.22. The molecule has 2 rings (SSSR count). The van der Waals surface area contributed by atoms with Crippen LogP contribution in [0.2, 0.25) is 0 Å². The largest absolute Gasteiger partial charge is 0.389 e. The van der Waals surface area contributed by atoms with Gasteiger partial charge >= 0.3 is 0 Å². The molecule has 0 bridgehead atoms. The fourth-order valence-electron chi connectivity index (χ4n) is 3.22. The number of aliphatic hydroxyl groups is 1. The maximum absolute atomic E-state index is 10.1. The van der Waals surface area contributed by atoms with Crippen molar-refractivity contribution in [1.29, 1.82) is 0 Å². The molecule has 0 aromatic carbocycles. The SMILES string of the molecule is OC(CCC1CCCCC1)C1=CCCCC1. The lowest BCUT2D eigenvalue weighted by Gasteiger charge is -2.24. The molecule has 1 nitrogen and oxygen atoms in total. The Hall–Kier alpha value is -0.300. The van der Waals surface area contributed by atoms with Gasteiger partial charge in [0.15, 0.2) is 0 Å². The Balaban J connectivity index is 1.69. The lowest BCUT2D eigenvalue weighted by Crippen LogP contribution is -2.15. The van der Waals surface area contributed by atoms with E-state index in [2.05, 4.69) is 6.08 Å². The van der Waals surface area contributed by atoms with E-state index in [1.165, 1.54) is 63.4 Å². The van der Waals surface area contributed by atoms with E-state index in [1.807, 2.05) is 0 Å². The molecule has 2 aliphatic rings. The van der Waals surface area contributed by atoms with Gasteiger partial charge in [-0.25, -0.2) is 0 Å². The summed E-state index contributed by atoms with van der Waals surface area (Å²) in [7, 11) is 0. The van der Waals surface area contributed by atoms with Crippen LogP contribution in [-0.2, 0) is 0 Å². The summed E-state index contributed by atoms with van der Waals surface area (Å²) in [6.07, 6.45) is 16.5. The van der Waals surface area contributed by atoms with Crippen LogP contribution in [0.15, 0.2) is 11.6 Å². The molecule has 1 fully saturated rings. The summed E-state index contributed by atoms with van der Waals surface area (Å²) in [5.74, 6) is 0.910. The second kappa shape index (κ2) is 6.44. The Bertz CT molecular complexity index is 226. The second-order valence-electron chi connectivity index (χ2n) is 5.62. The molecule has 0 radical (unpaired) electrons. The van der Waals surface area contributed by atoms with Crippen LogP contribution in [0.1, 0.15) is 70.6 Å². The average molecular weight is 222 g/mol. The molecular formula is C15H26O. The van der Waals surface area contributed by atoms with E-state index >= 15 is 0 Å². The second-order valence-corrected chi connectivity index (χ2v) is 5.62. The first-order valence-corrected chi connectivity index (χ1v) is 7.23. The molecule has 1 heteroatoms. The van der Waals surface area contributed by atoms with E-state index < -0.39 is 0 Å². The van der Waals surface area contributed by atoms with Crippen molar-refractivity contribution < 1.29 is 5.11 Å². The van der Waals surface area contributed by atoms with Gasteiger partial charge in [0, 0.05) is 0 Å². The first kappa shape index (κ1) is 12.2. The fraction of sp³-hybridized carbons (Fsp3) is 0.867. The zero-order valence-electron chi connectivity index (χ0n) is 10.5. The third-order valence-corrected chi connectivity index (χ3v) is 4.33. The third-order valence-electron chi connectivity index (χ3n) is 4.33. The summed E-state index contributed by atoms with van der Waals surface area (Å²) in [5.41, 5.74) is 1.34. The summed E-state index contributed by atoms with van der Waals surface area (Å²) >= 11 is 0. The molecule has 0 saturated heterocycles. The molecule has 0 aromatic rings. The molecule has 1 N–H and O–H groups in total. The first-order chi connectivity index (χ1) is 7.86. The van der Waals surface area contributed by atoms with Gasteiger partial charge in [0.05, 0.1) is 6.10 Å². The van der Waals surface area contributed by atoms with E-state index in [0.29, 0.717) is 0 Å². The minimum Gasteiger partial charge on any atom is -0.389 e. The van der Waals surface area contributed by atoms with E-state index in [9.17, 15) is 5.11 Å². The van der Waals surface area contributed by atoms with Crippen LogP contribution in [-0.4, -0.2) is 11.2 Å². The lowest BCUT2D eigenvalue weighted by molar-refractivity contribution is 0.175. The molecular weight excluding hydrogens is 196 g/mol.